The van der Waals surface area contributed by atoms with Crippen molar-refractivity contribution in [3.05, 3.63) is 35.2 Å². The fourth-order valence-electron chi connectivity index (χ4n) is 2.60. The van der Waals surface area contributed by atoms with Crippen LogP contribution in [-0.4, -0.2) is 13.1 Å². The van der Waals surface area contributed by atoms with Crippen molar-refractivity contribution in [3.63, 3.8) is 0 Å². The summed E-state index contributed by atoms with van der Waals surface area (Å²) in [5.41, 5.74) is 1.55. The second kappa shape index (κ2) is 4.56. The molecule has 0 amide bonds. The zero-order valence-corrected chi connectivity index (χ0v) is 10.2. The Morgan fingerprint density at radius 2 is 2.25 bits per heavy atom. The van der Waals surface area contributed by atoms with E-state index in [9.17, 15) is 0 Å². The van der Waals surface area contributed by atoms with Gasteiger partial charge in [0.25, 0.3) is 0 Å². The van der Waals surface area contributed by atoms with E-state index in [0.29, 0.717) is 0 Å². The van der Waals surface area contributed by atoms with Crippen molar-refractivity contribution in [2.24, 2.45) is 5.92 Å². The maximum Gasteiger partial charge on any atom is 0.0345 e. The van der Waals surface area contributed by atoms with E-state index in [2.05, 4.69) is 35.0 Å². The van der Waals surface area contributed by atoms with Crippen molar-refractivity contribution < 1.29 is 0 Å². The molecule has 3 rings (SSSR count). The van der Waals surface area contributed by atoms with Crippen molar-refractivity contribution in [3.8, 4) is 0 Å². The second-order valence-corrected chi connectivity index (χ2v) is 5.58. The Morgan fingerprint density at radius 1 is 1.31 bits per heavy atom. The van der Waals surface area contributed by atoms with Crippen LogP contribution in [0.25, 0.3) is 10.1 Å². The van der Waals surface area contributed by atoms with Crippen molar-refractivity contribution in [1.29, 1.82) is 0 Å². The summed E-state index contributed by atoms with van der Waals surface area (Å²) in [6.07, 6.45) is 3.97. The molecule has 0 spiro atoms. The number of rotatable bonds is 2. The van der Waals surface area contributed by atoms with E-state index in [1.807, 2.05) is 11.3 Å². The van der Waals surface area contributed by atoms with Gasteiger partial charge in [-0.1, -0.05) is 18.2 Å². The van der Waals surface area contributed by atoms with E-state index in [-0.39, 0.29) is 0 Å². The van der Waals surface area contributed by atoms with Gasteiger partial charge in [0.15, 0.2) is 0 Å². The van der Waals surface area contributed by atoms with Crippen molar-refractivity contribution in [1.82, 2.24) is 5.32 Å². The molecule has 1 aromatic carbocycles. The summed E-state index contributed by atoms with van der Waals surface area (Å²) in [5, 5.41) is 7.32. The summed E-state index contributed by atoms with van der Waals surface area (Å²) in [7, 11) is 0. The molecule has 16 heavy (non-hydrogen) atoms. The topological polar surface area (TPSA) is 12.0 Å². The predicted octanol–water partition coefficient (Wildman–Crippen LogP) is 3.44. The number of fused-ring (bicyclic) bond motifs is 1. The van der Waals surface area contributed by atoms with Crippen LogP contribution in [0.2, 0.25) is 0 Å². The molecule has 1 aromatic heterocycles. The summed E-state index contributed by atoms with van der Waals surface area (Å²) in [4.78, 5) is 0. The smallest absolute Gasteiger partial charge is 0.0345 e. The van der Waals surface area contributed by atoms with Crippen LogP contribution >= 0.6 is 11.3 Å². The number of hydrogen-bond acceptors (Lipinski definition) is 2. The first-order chi connectivity index (χ1) is 7.93. The van der Waals surface area contributed by atoms with Crippen LogP contribution < -0.4 is 5.32 Å². The Morgan fingerprint density at radius 3 is 3.12 bits per heavy atom. The van der Waals surface area contributed by atoms with E-state index in [0.717, 1.165) is 5.92 Å². The van der Waals surface area contributed by atoms with Gasteiger partial charge in [-0.05, 0) is 60.7 Å². The SMILES string of the molecule is c1ccc2c(CC3CCCNC3)csc2c1. The second-order valence-electron chi connectivity index (χ2n) is 4.67. The Hall–Kier alpha value is -0.860. The Bertz CT molecular complexity index is 468. The molecule has 1 saturated heterocycles. The highest BCUT2D eigenvalue weighted by Gasteiger charge is 2.15. The normalized spacial score (nSPS) is 21.4. The average molecular weight is 231 g/mol. The maximum atomic E-state index is 3.50. The van der Waals surface area contributed by atoms with Crippen molar-refractivity contribution >= 4 is 21.4 Å². The lowest BCUT2D eigenvalue weighted by Crippen LogP contribution is -2.30. The zero-order chi connectivity index (χ0) is 10.8. The monoisotopic (exact) mass is 231 g/mol. The molecule has 0 aliphatic carbocycles. The minimum Gasteiger partial charge on any atom is -0.316 e. The highest BCUT2D eigenvalue weighted by molar-refractivity contribution is 7.17. The standard InChI is InChI=1S/C14H17NS/c1-2-6-14-13(5-1)12(10-16-14)8-11-4-3-7-15-9-11/h1-2,5-6,10-11,15H,3-4,7-9H2. The molecule has 1 N–H and O–H groups in total. The van der Waals surface area contributed by atoms with E-state index >= 15 is 0 Å². The molecule has 1 aliphatic heterocycles. The highest BCUT2D eigenvalue weighted by atomic mass is 32.1. The predicted molar refractivity (Wildman–Crippen MR) is 71.1 cm³/mol. The number of nitrogens with one attached hydrogen (secondary N) is 1. The first-order valence-corrected chi connectivity index (χ1v) is 6.97. The minimum absolute atomic E-state index is 0.840. The molecule has 2 heterocycles. The lowest BCUT2D eigenvalue weighted by atomic mass is 9.92. The van der Waals surface area contributed by atoms with E-state index < -0.39 is 0 Å². The third kappa shape index (κ3) is 2.00. The largest absolute Gasteiger partial charge is 0.316 e. The molecule has 1 unspecified atom stereocenters. The molecule has 84 valence electrons. The molecule has 1 atom stereocenters. The fourth-order valence-corrected chi connectivity index (χ4v) is 3.58. The van der Waals surface area contributed by atoms with Gasteiger partial charge in [0.2, 0.25) is 0 Å². The molecular weight excluding hydrogens is 214 g/mol. The summed E-state index contributed by atoms with van der Waals surface area (Å²) >= 11 is 1.88. The zero-order valence-electron chi connectivity index (χ0n) is 9.41. The number of hydrogen-bond donors (Lipinski definition) is 1. The fraction of sp³-hybridized carbons (Fsp3) is 0.429. The summed E-state index contributed by atoms with van der Waals surface area (Å²) in [6, 6.07) is 8.77. The van der Waals surface area contributed by atoms with E-state index in [1.165, 1.54) is 42.4 Å². The molecule has 0 radical (unpaired) electrons. The molecule has 2 aromatic rings. The Balaban J connectivity index is 1.83. The first kappa shape index (κ1) is 10.3. The summed E-state index contributed by atoms with van der Waals surface area (Å²) in [5.74, 6) is 0.840. The summed E-state index contributed by atoms with van der Waals surface area (Å²) < 4.78 is 1.43. The third-order valence-electron chi connectivity index (χ3n) is 3.47. The van der Waals surface area contributed by atoms with Gasteiger partial charge >= 0.3 is 0 Å². The lowest BCUT2D eigenvalue weighted by molar-refractivity contribution is 0.377. The van der Waals surface area contributed by atoms with Gasteiger partial charge in [-0.15, -0.1) is 11.3 Å². The molecule has 1 nitrogen and oxygen atoms in total. The van der Waals surface area contributed by atoms with Crippen molar-refractivity contribution in [2.75, 3.05) is 13.1 Å². The summed E-state index contributed by atoms with van der Waals surface area (Å²) in [6.45, 7) is 2.41. The molecule has 0 saturated carbocycles. The molecule has 1 fully saturated rings. The van der Waals surface area contributed by atoms with Gasteiger partial charge in [-0.2, -0.15) is 0 Å². The van der Waals surface area contributed by atoms with Crippen molar-refractivity contribution in [2.45, 2.75) is 19.3 Å². The van der Waals surface area contributed by atoms with Gasteiger partial charge in [-0.25, -0.2) is 0 Å². The minimum atomic E-state index is 0.840. The van der Waals surface area contributed by atoms with Crippen LogP contribution in [0.1, 0.15) is 18.4 Å². The quantitative estimate of drug-likeness (QED) is 0.835. The van der Waals surface area contributed by atoms with Crippen LogP contribution in [0.5, 0.6) is 0 Å². The van der Waals surface area contributed by atoms with Crippen LogP contribution in [0.3, 0.4) is 0 Å². The molecular formula is C14H17NS. The van der Waals surface area contributed by atoms with E-state index in [4.69, 9.17) is 0 Å². The maximum absolute atomic E-state index is 3.50. The van der Waals surface area contributed by atoms with Gasteiger partial charge in [0.05, 0.1) is 0 Å². The van der Waals surface area contributed by atoms with Gasteiger partial charge < -0.3 is 5.32 Å². The number of piperidine rings is 1. The number of benzene rings is 1. The Kier molecular flexibility index (Phi) is 2.94. The first-order valence-electron chi connectivity index (χ1n) is 6.09. The van der Waals surface area contributed by atoms with Gasteiger partial charge in [-0.3, -0.25) is 0 Å². The van der Waals surface area contributed by atoms with Crippen LogP contribution in [-0.2, 0) is 6.42 Å². The van der Waals surface area contributed by atoms with Gasteiger partial charge in [0.1, 0.15) is 0 Å². The molecule has 0 bridgehead atoms. The number of thiophene rings is 1. The Labute approximate surface area is 100 Å². The van der Waals surface area contributed by atoms with Crippen LogP contribution in [0, 0.1) is 5.92 Å². The molecule has 1 aliphatic rings. The highest BCUT2D eigenvalue weighted by Crippen LogP contribution is 2.28. The van der Waals surface area contributed by atoms with Crippen LogP contribution in [0.15, 0.2) is 29.6 Å². The van der Waals surface area contributed by atoms with Crippen LogP contribution in [0.4, 0.5) is 0 Å². The van der Waals surface area contributed by atoms with Gasteiger partial charge in [0, 0.05) is 4.70 Å². The third-order valence-corrected chi connectivity index (χ3v) is 4.48. The average Bonchev–Trinajstić information content (AvgIpc) is 2.74. The lowest BCUT2D eigenvalue weighted by Gasteiger charge is -2.22. The molecule has 2 heteroatoms. The van der Waals surface area contributed by atoms with E-state index in [1.54, 1.807) is 5.56 Å².